The molecule has 1 N–H and O–H groups in total. The van der Waals surface area contributed by atoms with Crippen molar-refractivity contribution in [3.05, 3.63) is 118 Å². The molecule has 0 saturated heterocycles. The Hall–Kier alpha value is -3.34. The van der Waals surface area contributed by atoms with Crippen LogP contribution in [0.15, 0.2) is 91.0 Å². The Kier molecular flexibility index (Phi) is 10.0. The zero-order valence-electron chi connectivity index (χ0n) is 22.4. The number of fused-ring (bicyclic) bond motifs is 1. The summed E-state index contributed by atoms with van der Waals surface area (Å²) in [6.07, 6.45) is 1.23. The third-order valence-corrected chi connectivity index (χ3v) is 7.39. The summed E-state index contributed by atoms with van der Waals surface area (Å²) in [6.45, 7) is 4.83. The fourth-order valence-corrected chi connectivity index (χ4v) is 5.17. The summed E-state index contributed by atoms with van der Waals surface area (Å²) in [7, 11) is 0. The monoisotopic (exact) mass is 560 g/mol. The lowest BCUT2D eigenvalue weighted by Gasteiger charge is -2.32. The smallest absolute Gasteiger partial charge is 0.243 e. The predicted molar refractivity (Wildman–Crippen MR) is 161 cm³/mol. The molecule has 0 radical (unpaired) electrons. The third kappa shape index (κ3) is 7.84. The van der Waals surface area contributed by atoms with Crippen LogP contribution < -0.4 is 5.32 Å². The van der Waals surface area contributed by atoms with Crippen molar-refractivity contribution in [3.63, 3.8) is 0 Å². The molecule has 2 amide bonds. The van der Waals surface area contributed by atoms with Crippen LogP contribution in [0.25, 0.3) is 10.8 Å². The molecule has 0 aliphatic heterocycles. The van der Waals surface area contributed by atoms with Crippen molar-refractivity contribution in [1.82, 2.24) is 10.2 Å². The Morgan fingerprint density at radius 1 is 0.846 bits per heavy atom. The maximum absolute atomic E-state index is 14.0. The molecule has 39 heavy (non-hydrogen) atoms. The van der Waals surface area contributed by atoms with Gasteiger partial charge in [-0.3, -0.25) is 9.59 Å². The molecule has 0 fully saturated rings. The SMILES string of the molecule is CC(C)CNC(=O)C(Cc1ccccc1)N(Cc1ccc(Cl)cc1Cl)C(=O)CCc1cccc2ccccc12. The van der Waals surface area contributed by atoms with E-state index in [-0.39, 0.29) is 30.7 Å². The van der Waals surface area contributed by atoms with Crippen LogP contribution in [-0.2, 0) is 29.0 Å². The number of nitrogens with one attached hydrogen (secondary N) is 1. The summed E-state index contributed by atoms with van der Waals surface area (Å²) < 4.78 is 0. The van der Waals surface area contributed by atoms with Crippen molar-refractivity contribution in [2.45, 2.75) is 45.7 Å². The van der Waals surface area contributed by atoms with Crippen LogP contribution >= 0.6 is 23.2 Å². The van der Waals surface area contributed by atoms with Crippen molar-refractivity contribution in [3.8, 4) is 0 Å². The van der Waals surface area contributed by atoms with E-state index in [1.807, 2.05) is 68.4 Å². The summed E-state index contributed by atoms with van der Waals surface area (Å²) >= 11 is 12.7. The molecule has 1 atom stereocenters. The maximum atomic E-state index is 14.0. The van der Waals surface area contributed by atoms with Gasteiger partial charge < -0.3 is 10.2 Å². The molecule has 0 aliphatic rings. The number of hydrogen-bond acceptors (Lipinski definition) is 2. The lowest BCUT2D eigenvalue weighted by atomic mass is 9.99. The van der Waals surface area contributed by atoms with Gasteiger partial charge in [0.15, 0.2) is 0 Å². The summed E-state index contributed by atoms with van der Waals surface area (Å²) in [5.41, 5.74) is 2.83. The number of carbonyl (C=O) groups excluding carboxylic acids is 2. The van der Waals surface area contributed by atoms with E-state index in [1.165, 1.54) is 0 Å². The largest absolute Gasteiger partial charge is 0.354 e. The Morgan fingerprint density at radius 2 is 1.56 bits per heavy atom. The number of amides is 2. The highest BCUT2D eigenvalue weighted by Gasteiger charge is 2.30. The molecule has 6 heteroatoms. The van der Waals surface area contributed by atoms with Gasteiger partial charge in [0.25, 0.3) is 0 Å². The van der Waals surface area contributed by atoms with Crippen LogP contribution in [0, 0.1) is 5.92 Å². The highest BCUT2D eigenvalue weighted by atomic mass is 35.5. The number of benzene rings is 4. The van der Waals surface area contributed by atoms with Crippen molar-refractivity contribution in [2.75, 3.05) is 6.54 Å². The molecule has 4 aromatic rings. The van der Waals surface area contributed by atoms with Gasteiger partial charge >= 0.3 is 0 Å². The summed E-state index contributed by atoms with van der Waals surface area (Å²) in [4.78, 5) is 29.3. The molecule has 202 valence electrons. The first kappa shape index (κ1) is 28.7. The van der Waals surface area contributed by atoms with Gasteiger partial charge in [0.05, 0.1) is 0 Å². The van der Waals surface area contributed by atoms with Crippen molar-refractivity contribution in [2.24, 2.45) is 5.92 Å². The highest BCUT2D eigenvalue weighted by molar-refractivity contribution is 6.35. The van der Waals surface area contributed by atoms with Crippen LogP contribution in [0.2, 0.25) is 10.0 Å². The second-order valence-corrected chi connectivity index (χ2v) is 11.1. The molecule has 4 nitrogen and oxygen atoms in total. The quantitative estimate of drug-likeness (QED) is 0.206. The lowest BCUT2D eigenvalue weighted by Crippen LogP contribution is -2.51. The second kappa shape index (κ2) is 13.6. The Bertz CT molecular complexity index is 1420. The Balaban J connectivity index is 1.66. The van der Waals surface area contributed by atoms with E-state index in [0.29, 0.717) is 29.4 Å². The summed E-state index contributed by atoms with van der Waals surface area (Å²) in [6, 6.07) is 28.7. The van der Waals surface area contributed by atoms with Gasteiger partial charge in [0.1, 0.15) is 6.04 Å². The van der Waals surface area contributed by atoms with Gasteiger partial charge in [-0.25, -0.2) is 0 Å². The molecule has 0 aromatic heterocycles. The number of carbonyl (C=O) groups is 2. The number of rotatable bonds is 11. The fourth-order valence-electron chi connectivity index (χ4n) is 4.71. The van der Waals surface area contributed by atoms with E-state index in [2.05, 4.69) is 29.6 Å². The Labute approximate surface area is 240 Å². The zero-order valence-corrected chi connectivity index (χ0v) is 23.9. The van der Waals surface area contributed by atoms with Gasteiger partial charge in [0.2, 0.25) is 11.8 Å². The summed E-state index contributed by atoms with van der Waals surface area (Å²) in [5, 5.41) is 6.32. The molecule has 0 heterocycles. The van der Waals surface area contributed by atoms with Crippen molar-refractivity contribution in [1.29, 1.82) is 0 Å². The predicted octanol–water partition coefficient (Wildman–Crippen LogP) is 7.49. The average molecular weight is 562 g/mol. The summed E-state index contributed by atoms with van der Waals surface area (Å²) in [5.74, 6) is 0.0123. The number of nitrogens with zero attached hydrogens (tertiary/aromatic N) is 1. The first-order valence-electron chi connectivity index (χ1n) is 13.3. The number of aryl methyl sites for hydroxylation is 1. The van der Waals surface area contributed by atoms with E-state index >= 15 is 0 Å². The molecule has 4 rings (SSSR count). The molecule has 4 aromatic carbocycles. The normalized spacial score (nSPS) is 11.9. The first-order chi connectivity index (χ1) is 18.8. The van der Waals surface area contributed by atoms with Crippen LogP contribution in [0.4, 0.5) is 0 Å². The van der Waals surface area contributed by atoms with Gasteiger partial charge in [-0.05, 0) is 51.9 Å². The first-order valence-corrected chi connectivity index (χ1v) is 14.1. The van der Waals surface area contributed by atoms with Gasteiger partial charge in [-0.2, -0.15) is 0 Å². The van der Waals surface area contributed by atoms with Crippen molar-refractivity contribution < 1.29 is 9.59 Å². The minimum Gasteiger partial charge on any atom is -0.354 e. The molecule has 0 aliphatic carbocycles. The average Bonchev–Trinajstić information content (AvgIpc) is 2.93. The van der Waals surface area contributed by atoms with E-state index in [0.717, 1.165) is 27.5 Å². The van der Waals surface area contributed by atoms with Crippen LogP contribution in [0.3, 0.4) is 0 Å². The minimum atomic E-state index is -0.696. The number of hydrogen-bond donors (Lipinski definition) is 1. The zero-order chi connectivity index (χ0) is 27.8. The van der Waals surface area contributed by atoms with Crippen molar-refractivity contribution >= 4 is 45.8 Å². The van der Waals surface area contributed by atoms with Gasteiger partial charge in [-0.15, -0.1) is 0 Å². The molecule has 0 saturated carbocycles. The van der Waals surface area contributed by atoms with E-state index in [4.69, 9.17) is 23.2 Å². The van der Waals surface area contributed by atoms with Gasteiger partial charge in [0, 0.05) is 36.0 Å². The van der Waals surface area contributed by atoms with Crippen LogP contribution in [0.5, 0.6) is 0 Å². The molecule has 0 spiro atoms. The van der Waals surface area contributed by atoms with Gasteiger partial charge in [-0.1, -0.05) is 116 Å². The molecular weight excluding hydrogens is 527 g/mol. The minimum absolute atomic E-state index is 0.102. The second-order valence-electron chi connectivity index (χ2n) is 10.2. The maximum Gasteiger partial charge on any atom is 0.243 e. The highest BCUT2D eigenvalue weighted by Crippen LogP contribution is 2.25. The lowest BCUT2D eigenvalue weighted by molar-refractivity contribution is -0.141. The van der Waals surface area contributed by atoms with Crippen LogP contribution in [0.1, 0.15) is 37.0 Å². The number of halogens is 2. The van der Waals surface area contributed by atoms with E-state index in [9.17, 15) is 9.59 Å². The third-order valence-electron chi connectivity index (χ3n) is 6.80. The topological polar surface area (TPSA) is 49.4 Å². The van der Waals surface area contributed by atoms with E-state index in [1.54, 1.807) is 17.0 Å². The van der Waals surface area contributed by atoms with Crippen LogP contribution in [-0.4, -0.2) is 29.3 Å². The molecule has 0 bridgehead atoms. The molecular formula is C33H34Cl2N2O2. The standard InChI is InChI=1S/C33H34Cl2N2O2/c1-23(2)21-36-33(39)31(19-24-9-4-3-5-10-24)37(22-27-15-17-28(34)20-30(27)35)32(38)18-16-26-13-8-12-25-11-6-7-14-29(25)26/h3-15,17,20,23,31H,16,18-19,21-22H2,1-2H3,(H,36,39). The molecule has 1 unspecified atom stereocenters. The Morgan fingerprint density at radius 3 is 2.31 bits per heavy atom. The van der Waals surface area contributed by atoms with E-state index < -0.39 is 6.04 Å². The fraction of sp³-hybridized carbons (Fsp3) is 0.273.